The van der Waals surface area contributed by atoms with E-state index in [1.54, 1.807) is 6.33 Å². The summed E-state index contributed by atoms with van der Waals surface area (Å²) in [6.07, 6.45) is 3.62. The van der Waals surface area contributed by atoms with Crippen LogP contribution in [0.4, 0.5) is 0 Å². The lowest BCUT2D eigenvalue weighted by atomic mass is 10.3. The monoisotopic (exact) mass is 211 g/mol. The predicted molar refractivity (Wildman–Crippen MR) is 45.4 cm³/mol. The normalized spacial score (nSPS) is 10.7. The standard InChI is InChI=1S/C7H6BrN3/c1-5-2-6(8)3-11-4-9-10-7(5)11/h2-4H,1H3. The highest BCUT2D eigenvalue weighted by atomic mass is 79.9. The van der Waals surface area contributed by atoms with Crippen molar-refractivity contribution in [1.82, 2.24) is 14.6 Å². The predicted octanol–water partition coefficient (Wildman–Crippen LogP) is 1.80. The van der Waals surface area contributed by atoms with Gasteiger partial charge in [-0.15, -0.1) is 10.2 Å². The quantitative estimate of drug-likeness (QED) is 0.666. The van der Waals surface area contributed by atoms with Gasteiger partial charge in [-0.3, -0.25) is 4.40 Å². The Hall–Kier alpha value is -0.900. The van der Waals surface area contributed by atoms with Gasteiger partial charge in [-0.05, 0) is 34.5 Å². The molecule has 0 aromatic carbocycles. The van der Waals surface area contributed by atoms with E-state index in [1.807, 2.05) is 23.6 Å². The number of aromatic nitrogens is 3. The van der Waals surface area contributed by atoms with Crippen molar-refractivity contribution < 1.29 is 0 Å². The Bertz CT molecular complexity index is 393. The Morgan fingerprint density at radius 3 is 3.18 bits per heavy atom. The lowest BCUT2D eigenvalue weighted by molar-refractivity contribution is 1.10. The van der Waals surface area contributed by atoms with Gasteiger partial charge >= 0.3 is 0 Å². The average Bonchev–Trinajstić information content (AvgIpc) is 2.34. The van der Waals surface area contributed by atoms with Crippen LogP contribution in [0.1, 0.15) is 5.56 Å². The molecule has 56 valence electrons. The van der Waals surface area contributed by atoms with Crippen LogP contribution in [-0.4, -0.2) is 14.6 Å². The first-order chi connectivity index (χ1) is 5.27. The first-order valence-electron chi connectivity index (χ1n) is 3.23. The summed E-state index contributed by atoms with van der Waals surface area (Å²) >= 11 is 3.39. The zero-order chi connectivity index (χ0) is 7.84. The summed E-state index contributed by atoms with van der Waals surface area (Å²) in [5.74, 6) is 0. The topological polar surface area (TPSA) is 30.2 Å². The molecule has 2 aromatic heterocycles. The van der Waals surface area contributed by atoms with Crippen LogP contribution in [-0.2, 0) is 0 Å². The third-order valence-corrected chi connectivity index (χ3v) is 1.98. The fourth-order valence-corrected chi connectivity index (χ4v) is 1.62. The minimum atomic E-state index is 0.910. The Morgan fingerprint density at radius 1 is 1.55 bits per heavy atom. The average molecular weight is 212 g/mol. The van der Waals surface area contributed by atoms with Crippen LogP contribution in [0.2, 0.25) is 0 Å². The molecule has 3 nitrogen and oxygen atoms in total. The maximum Gasteiger partial charge on any atom is 0.163 e. The van der Waals surface area contributed by atoms with Gasteiger partial charge in [0.05, 0.1) is 0 Å². The van der Waals surface area contributed by atoms with Gasteiger partial charge in [-0.25, -0.2) is 0 Å². The molecule has 0 aliphatic heterocycles. The van der Waals surface area contributed by atoms with Crippen LogP contribution < -0.4 is 0 Å². The lowest BCUT2D eigenvalue weighted by Gasteiger charge is -1.96. The second kappa shape index (κ2) is 2.30. The Labute approximate surface area is 72.2 Å². The van der Waals surface area contributed by atoms with E-state index < -0.39 is 0 Å². The van der Waals surface area contributed by atoms with Gasteiger partial charge in [-0.1, -0.05) is 0 Å². The van der Waals surface area contributed by atoms with Crippen molar-refractivity contribution in [2.24, 2.45) is 0 Å². The van der Waals surface area contributed by atoms with Gasteiger partial charge in [0.1, 0.15) is 6.33 Å². The van der Waals surface area contributed by atoms with Gasteiger partial charge in [0.15, 0.2) is 5.65 Å². The van der Waals surface area contributed by atoms with Gasteiger partial charge < -0.3 is 0 Å². The van der Waals surface area contributed by atoms with E-state index in [1.165, 1.54) is 0 Å². The molecule has 0 bridgehead atoms. The van der Waals surface area contributed by atoms with Crippen molar-refractivity contribution >= 4 is 21.6 Å². The summed E-state index contributed by atoms with van der Waals surface area (Å²) in [5, 5.41) is 7.75. The third-order valence-electron chi connectivity index (χ3n) is 1.54. The SMILES string of the molecule is Cc1cc(Br)cn2cnnc12. The van der Waals surface area contributed by atoms with Gasteiger partial charge in [0.25, 0.3) is 0 Å². The number of pyridine rings is 1. The minimum Gasteiger partial charge on any atom is -0.288 e. The van der Waals surface area contributed by atoms with Crippen molar-refractivity contribution in [2.45, 2.75) is 6.92 Å². The van der Waals surface area contributed by atoms with Crippen LogP contribution in [0.3, 0.4) is 0 Å². The molecule has 0 fully saturated rings. The number of halogens is 1. The molecule has 0 amide bonds. The van der Waals surface area contributed by atoms with Crippen LogP contribution >= 0.6 is 15.9 Å². The first-order valence-corrected chi connectivity index (χ1v) is 4.02. The van der Waals surface area contributed by atoms with Crippen LogP contribution in [0, 0.1) is 6.92 Å². The summed E-state index contributed by atoms with van der Waals surface area (Å²) in [7, 11) is 0. The highest BCUT2D eigenvalue weighted by Crippen LogP contribution is 2.14. The number of aryl methyl sites for hydroxylation is 1. The third kappa shape index (κ3) is 1.03. The van der Waals surface area contributed by atoms with E-state index in [9.17, 15) is 0 Å². The Morgan fingerprint density at radius 2 is 2.36 bits per heavy atom. The van der Waals surface area contributed by atoms with E-state index in [2.05, 4.69) is 26.1 Å². The molecule has 0 saturated carbocycles. The Balaban J connectivity index is 2.91. The summed E-state index contributed by atoms with van der Waals surface area (Å²) < 4.78 is 2.93. The summed E-state index contributed by atoms with van der Waals surface area (Å²) in [4.78, 5) is 0. The van der Waals surface area contributed by atoms with Gasteiger partial charge in [0, 0.05) is 10.7 Å². The maximum atomic E-state index is 3.95. The van der Waals surface area contributed by atoms with E-state index in [0.29, 0.717) is 0 Å². The molecule has 0 atom stereocenters. The molecular formula is C7H6BrN3. The molecule has 0 saturated heterocycles. The highest BCUT2D eigenvalue weighted by molar-refractivity contribution is 9.10. The minimum absolute atomic E-state index is 0.910. The van der Waals surface area contributed by atoms with Gasteiger partial charge in [0.2, 0.25) is 0 Å². The van der Waals surface area contributed by atoms with Crippen molar-refractivity contribution in [2.75, 3.05) is 0 Å². The smallest absolute Gasteiger partial charge is 0.163 e. The molecule has 0 N–H and O–H groups in total. The zero-order valence-corrected chi connectivity index (χ0v) is 7.54. The molecule has 0 aliphatic carbocycles. The van der Waals surface area contributed by atoms with Crippen molar-refractivity contribution in [3.05, 3.63) is 28.6 Å². The zero-order valence-electron chi connectivity index (χ0n) is 5.95. The van der Waals surface area contributed by atoms with E-state index in [4.69, 9.17) is 0 Å². The van der Waals surface area contributed by atoms with Crippen molar-refractivity contribution in [3.63, 3.8) is 0 Å². The highest BCUT2D eigenvalue weighted by Gasteiger charge is 1.99. The number of rotatable bonds is 0. The maximum absolute atomic E-state index is 3.95. The molecule has 0 aliphatic rings. The molecular weight excluding hydrogens is 206 g/mol. The fraction of sp³-hybridized carbons (Fsp3) is 0.143. The largest absolute Gasteiger partial charge is 0.288 e. The van der Waals surface area contributed by atoms with Crippen LogP contribution in [0.5, 0.6) is 0 Å². The van der Waals surface area contributed by atoms with E-state index in [0.717, 1.165) is 15.7 Å². The summed E-state index contributed by atoms with van der Waals surface area (Å²) in [5.41, 5.74) is 2.03. The summed E-state index contributed by atoms with van der Waals surface area (Å²) in [6.45, 7) is 2.01. The molecule has 0 unspecified atom stereocenters. The molecule has 0 radical (unpaired) electrons. The molecule has 2 aromatic rings. The Kier molecular flexibility index (Phi) is 1.42. The van der Waals surface area contributed by atoms with Crippen LogP contribution in [0.25, 0.3) is 5.65 Å². The van der Waals surface area contributed by atoms with Crippen molar-refractivity contribution in [1.29, 1.82) is 0 Å². The molecule has 2 rings (SSSR count). The second-order valence-corrected chi connectivity index (χ2v) is 3.32. The second-order valence-electron chi connectivity index (χ2n) is 2.40. The van der Waals surface area contributed by atoms with E-state index >= 15 is 0 Å². The molecule has 11 heavy (non-hydrogen) atoms. The summed E-state index contributed by atoms with van der Waals surface area (Å²) in [6, 6.07) is 2.02. The molecule has 2 heterocycles. The molecule has 4 heteroatoms. The first kappa shape index (κ1) is 6.79. The number of fused-ring (bicyclic) bond motifs is 1. The van der Waals surface area contributed by atoms with Gasteiger partial charge in [-0.2, -0.15) is 0 Å². The lowest BCUT2D eigenvalue weighted by Crippen LogP contribution is -1.86. The van der Waals surface area contributed by atoms with Crippen molar-refractivity contribution in [3.8, 4) is 0 Å². The van der Waals surface area contributed by atoms with Crippen LogP contribution in [0.15, 0.2) is 23.1 Å². The number of nitrogens with zero attached hydrogens (tertiary/aromatic N) is 3. The fourth-order valence-electron chi connectivity index (χ4n) is 1.06. The van der Waals surface area contributed by atoms with E-state index in [-0.39, 0.29) is 0 Å². The number of hydrogen-bond acceptors (Lipinski definition) is 2. The number of hydrogen-bond donors (Lipinski definition) is 0. The molecule has 0 spiro atoms.